The smallest absolute Gasteiger partial charge is 0.408 e. The summed E-state index contributed by atoms with van der Waals surface area (Å²) < 4.78 is 5.56. The van der Waals surface area contributed by atoms with Gasteiger partial charge in [-0.25, -0.2) is 4.79 Å². The van der Waals surface area contributed by atoms with Crippen molar-refractivity contribution in [1.82, 2.24) is 10.2 Å². The Morgan fingerprint density at radius 1 is 0.913 bits per heavy atom. The number of carbonyl (C=O) groups excluding carboxylic acids is 3. The molecule has 8 nitrogen and oxygen atoms in total. The number of benzene rings is 4. The standard InChI is InChI=1S/C38H43N3O5/c1-23-10-9-11-24(2)33(23)34(35(43)39-29-17-16-27-12-7-8-13-28(27)22-29)41(32-20-25(32)3)36(44)31(40-37(45)46-38(4,5)6)21-26-14-18-30(42)19-15-26/h7-19,22,25,31-32,34,42H,20-21H2,1-6H3,(H,39,43)(H,40,45). The van der Waals surface area contributed by atoms with Crippen molar-refractivity contribution in [3.8, 4) is 5.75 Å². The van der Waals surface area contributed by atoms with Crippen LogP contribution < -0.4 is 10.6 Å². The van der Waals surface area contributed by atoms with Gasteiger partial charge in [-0.1, -0.05) is 67.6 Å². The van der Waals surface area contributed by atoms with Gasteiger partial charge < -0.3 is 25.4 Å². The molecule has 0 aliphatic heterocycles. The topological polar surface area (TPSA) is 108 Å². The van der Waals surface area contributed by atoms with Crippen LogP contribution in [0.25, 0.3) is 10.8 Å². The highest BCUT2D eigenvalue weighted by Crippen LogP contribution is 2.42. The van der Waals surface area contributed by atoms with Gasteiger partial charge in [-0.3, -0.25) is 9.59 Å². The van der Waals surface area contributed by atoms with Crippen molar-refractivity contribution in [3.63, 3.8) is 0 Å². The highest BCUT2D eigenvalue weighted by molar-refractivity contribution is 6.01. The normalized spacial score (nSPS) is 17.1. The highest BCUT2D eigenvalue weighted by atomic mass is 16.6. The van der Waals surface area contributed by atoms with E-state index in [9.17, 15) is 19.5 Å². The number of fused-ring (bicyclic) bond motifs is 1. The number of anilines is 1. The Balaban J connectivity index is 1.57. The second-order valence-corrected chi connectivity index (χ2v) is 13.4. The van der Waals surface area contributed by atoms with Crippen LogP contribution in [0.1, 0.15) is 62.4 Å². The van der Waals surface area contributed by atoms with Gasteiger partial charge in [0.15, 0.2) is 0 Å². The van der Waals surface area contributed by atoms with Gasteiger partial charge >= 0.3 is 6.09 Å². The minimum atomic E-state index is -1.03. The summed E-state index contributed by atoms with van der Waals surface area (Å²) in [6.07, 6.45) is 0.147. The van der Waals surface area contributed by atoms with E-state index in [4.69, 9.17) is 4.74 Å². The molecule has 4 atom stereocenters. The maximum Gasteiger partial charge on any atom is 0.408 e. The Hall–Kier alpha value is -4.85. The quantitative estimate of drug-likeness (QED) is 0.183. The van der Waals surface area contributed by atoms with Gasteiger partial charge in [-0.15, -0.1) is 0 Å². The zero-order valence-corrected chi connectivity index (χ0v) is 27.3. The molecule has 8 heteroatoms. The number of phenols is 1. The number of phenolic OH excluding ortho intramolecular Hbond substituents is 1. The van der Waals surface area contributed by atoms with Crippen LogP contribution in [0.5, 0.6) is 5.75 Å². The average molecular weight is 622 g/mol. The molecule has 3 amide bonds. The lowest BCUT2D eigenvalue weighted by molar-refractivity contribution is -0.141. The van der Waals surface area contributed by atoms with Crippen LogP contribution in [0.4, 0.5) is 10.5 Å². The first-order valence-electron chi connectivity index (χ1n) is 15.8. The molecule has 1 aliphatic rings. The molecule has 46 heavy (non-hydrogen) atoms. The van der Waals surface area contributed by atoms with Crippen LogP contribution in [0.2, 0.25) is 0 Å². The van der Waals surface area contributed by atoms with Crippen LogP contribution >= 0.6 is 0 Å². The van der Waals surface area contributed by atoms with Crippen molar-refractivity contribution in [2.24, 2.45) is 5.92 Å². The summed E-state index contributed by atoms with van der Waals surface area (Å²) >= 11 is 0. The third-order valence-corrected chi connectivity index (χ3v) is 8.40. The van der Waals surface area contributed by atoms with E-state index < -0.39 is 23.8 Å². The Kier molecular flexibility index (Phi) is 9.37. The number of carbonyl (C=O) groups is 3. The molecular formula is C38H43N3O5. The summed E-state index contributed by atoms with van der Waals surface area (Å²) in [5.74, 6) is -0.448. The number of rotatable bonds is 9. The molecule has 0 aromatic heterocycles. The van der Waals surface area contributed by atoms with E-state index in [1.807, 2.05) is 74.5 Å². The Bertz CT molecular complexity index is 1720. The van der Waals surface area contributed by atoms with E-state index in [-0.39, 0.29) is 35.9 Å². The molecule has 4 unspecified atom stereocenters. The van der Waals surface area contributed by atoms with Gasteiger partial charge in [0.05, 0.1) is 0 Å². The number of nitrogens with one attached hydrogen (secondary N) is 2. The Labute approximate surface area is 270 Å². The molecule has 0 heterocycles. The van der Waals surface area contributed by atoms with Gasteiger partial charge in [0.1, 0.15) is 23.4 Å². The summed E-state index contributed by atoms with van der Waals surface area (Å²) in [5, 5.41) is 17.8. The number of alkyl carbamates (subject to hydrolysis) is 1. The number of hydrogen-bond acceptors (Lipinski definition) is 5. The van der Waals surface area contributed by atoms with Crippen LogP contribution in [0.15, 0.2) is 84.9 Å². The third-order valence-electron chi connectivity index (χ3n) is 8.40. The molecule has 1 saturated carbocycles. The number of aryl methyl sites for hydroxylation is 2. The van der Waals surface area contributed by atoms with E-state index in [1.165, 1.54) is 0 Å². The van der Waals surface area contributed by atoms with Crippen LogP contribution in [0, 0.1) is 19.8 Å². The molecule has 0 spiro atoms. The molecule has 4 aromatic carbocycles. The van der Waals surface area contributed by atoms with Crippen LogP contribution in [-0.4, -0.2) is 45.6 Å². The summed E-state index contributed by atoms with van der Waals surface area (Å²) in [6, 6.07) is 23.8. The minimum Gasteiger partial charge on any atom is -0.508 e. The largest absolute Gasteiger partial charge is 0.508 e. The fourth-order valence-corrected chi connectivity index (χ4v) is 6.00. The first kappa shape index (κ1) is 32.5. The molecule has 4 aromatic rings. The number of aromatic hydroxyl groups is 1. The number of hydrogen-bond donors (Lipinski definition) is 3. The molecule has 5 rings (SSSR count). The zero-order valence-electron chi connectivity index (χ0n) is 27.3. The lowest BCUT2D eigenvalue weighted by atomic mass is 9.92. The van der Waals surface area contributed by atoms with E-state index in [1.54, 1.807) is 49.9 Å². The summed E-state index contributed by atoms with van der Waals surface area (Å²) in [6.45, 7) is 11.2. The predicted molar refractivity (Wildman–Crippen MR) is 181 cm³/mol. The maximum absolute atomic E-state index is 14.8. The first-order chi connectivity index (χ1) is 21.8. The Morgan fingerprint density at radius 2 is 1.54 bits per heavy atom. The molecule has 0 radical (unpaired) electrons. The number of ether oxygens (including phenoxy) is 1. The monoisotopic (exact) mass is 621 g/mol. The lowest BCUT2D eigenvalue weighted by Gasteiger charge is -2.36. The molecule has 0 saturated heterocycles. The third kappa shape index (κ3) is 7.68. The van der Waals surface area contributed by atoms with Gasteiger partial charge in [0, 0.05) is 18.2 Å². The van der Waals surface area contributed by atoms with Crippen molar-refractivity contribution >= 4 is 34.4 Å². The maximum atomic E-state index is 14.8. The van der Waals surface area contributed by atoms with Gasteiger partial charge in [0.2, 0.25) is 5.91 Å². The van der Waals surface area contributed by atoms with Crippen molar-refractivity contribution in [3.05, 3.63) is 107 Å². The van der Waals surface area contributed by atoms with Crippen molar-refractivity contribution in [2.75, 3.05) is 5.32 Å². The minimum absolute atomic E-state index is 0.0978. The summed E-state index contributed by atoms with van der Waals surface area (Å²) in [7, 11) is 0. The molecule has 1 aliphatic carbocycles. The zero-order chi connectivity index (χ0) is 33.2. The van der Waals surface area contributed by atoms with E-state index in [0.29, 0.717) is 5.69 Å². The molecular weight excluding hydrogens is 578 g/mol. The fraction of sp³-hybridized carbons (Fsp3) is 0.342. The van der Waals surface area contributed by atoms with Gasteiger partial charge in [0.25, 0.3) is 5.91 Å². The molecule has 0 bridgehead atoms. The first-order valence-corrected chi connectivity index (χ1v) is 15.8. The second-order valence-electron chi connectivity index (χ2n) is 13.4. The van der Waals surface area contributed by atoms with Crippen molar-refractivity contribution in [1.29, 1.82) is 0 Å². The number of nitrogens with zero attached hydrogens (tertiary/aromatic N) is 1. The summed E-state index contributed by atoms with van der Waals surface area (Å²) in [5.41, 5.74) is 3.12. The van der Waals surface area contributed by atoms with Crippen LogP contribution in [-0.2, 0) is 20.7 Å². The number of amides is 3. The SMILES string of the molecule is Cc1cccc(C)c1C(C(=O)Nc1ccc2ccccc2c1)N(C(=O)C(Cc1ccc(O)cc1)NC(=O)OC(C)(C)C)C1CC1C. The molecule has 240 valence electrons. The van der Waals surface area contributed by atoms with Gasteiger partial charge in [-0.2, -0.15) is 0 Å². The summed E-state index contributed by atoms with van der Waals surface area (Å²) in [4.78, 5) is 44.1. The van der Waals surface area contributed by atoms with Crippen molar-refractivity contribution in [2.45, 2.75) is 78.1 Å². The highest BCUT2D eigenvalue weighted by Gasteiger charge is 2.49. The molecule has 3 N–H and O–H groups in total. The lowest BCUT2D eigenvalue weighted by Crippen LogP contribution is -2.54. The average Bonchev–Trinajstić information content (AvgIpc) is 3.71. The predicted octanol–water partition coefficient (Wildman–Crippen LogP) is 7.22. The Morgan fingerprint density at radius 3 is 2.15 bits per heavy atom. The van der Waals surface area contributed by atoms with E-state index >= 15 is 0 Å². The van der Waals surface area contributed by atoms with E-state index in [0.717, 1.165) is 39.4 Å². The van der Waals surface area contributed by atoms with Crippen LogP contribution in [0.3, 0.4) is 0 Å². The molecule has 1 fully saturated rings. The van der Waals surface area contributed by atoms with Crippen molar-refractivity contribution < 1.29 is 24.2 Å². The second kappa shape index (κ2) is 13.3. The fourth-order valence-electron chi connectivity index (χ4n) is 6.00. The van der Waals surface area contributed by atoms with Gasteiger partial charge in [-0.05, 0) is 104 Å². The van der Waals surface area contributed by atoms with E-state index in [2.05, 4.69) is 17.6 Å².